The van der Waals surface area contributed by atoms with Crippen LogP contribution < -0.4 is 5.32 Å². The van der Waals surface area contributed by atoms with Crippen molar-refractivity contribution >= 4 is 17.2 Å². The third-order valence-electron chi connectivity index (χ3n) is 3.32. The van der Waals surface area contributed by atoms with Crippen molar-refractivity contribution in [2.24, 2.45) is 0 Å². The summed E-state index contributed by atoms with van der Waals surface area (Å²) in [5.41, 5.74) is 3.98. The second kappa shape index (κ2) is 7.11. The van der Waals surface area contributed by atoms with Crippen LogP contribution in [0.2, 0.25) is 0 Å². The number of aromatic nitrogens is 3. The van der Waals surface area contributed by atoms with Gasteiger partial charge in [-0.1, -0.05) is 24.3 Å². The molecule has 0 aliphatic rings. The average molecular weight is 324 g/mol. The molecule has 0 spiro atoms. The Morgan fingerprint density at radius 1 is 1.17 bits per heavy atom. The van der Waals surface area contributed by atoms with E-state index in [1.165, 1.54) is 12.5 Å². The maximum absolute atomic E-state index is 10.9. The van der Waals surface area contributed by atoms with Crippen molar-refractivity contribution in [2.75, 3.05) is 6.54 Å². The first kappa shape index (κ1) is 15.3. The van der Waals surface area contributed by atoms with Gasteiger partial charge in [-0.2, -0.15) is 0 Å². The molecule has 0 radical (unpaired) electrons. The van der Waals surface area contributed by atoms with E-state index in [0.717, 1.165) is 28.4 Å². The zero-order valence-corrected chi connectivity index (χ0v) is 13.5. The van der Waals surface area contributed by atoms with Gasteiger partial charge in [0, 0.05) is 36.8 Å². The lowest BCUT2D eigenvalue weighted by Gasteiger charge is -2.03. The van der Waals surface area contributed by atoms with Crippen LogP contribution in [0, 0.1) is 0 Å². The van der Waals surface area contributed by atoms with Crippen LogP contribution in [0.4, 0.5) is 0 Å². The highest BCUT2D eigenvalue weighted by molar-refractivity contribution is 7.13. The molecule has 0 bridgehead atoms. The number of thiazole rings is 1. The standard InChI is InChI=1S/C17H16N4OS/c1-12(22)19-7-6-13-2-4-14(5-3-13)16-11-23-17(21-16)15-10-18-8-9-20-15/h2-5,8-11H,6-7H2,1H3,(H,19,22). The maximum atomic E-state index is 10.9. The van der Waals surface area contributed by atoms with E-state index < -0.39 is 0 Å². The third-order valence-corrected chi connectivity index (χ3v) is 4.19. The highest BCUT2D eigenvalue weighted by Crippen LogP contribution is 2.27. The van der Waals surface area contributed by atoms with Crippen LogP contribution >= 0.6 is 11.3 Å². The molecule has 1 amide bonds. The SMILES string of the molecule is CC(=O)NCCc1ccc(-c2csc(-c3cnccn3)n2)cc1. The van der Waals surface area contributed by atoms with Crippen LogP contribution in [0.3, 0.4) is 0 Å². The van der Waals surface area contributed by atoms with Gasteiger partial charge in [0.25, 0.3) is 0 Å². The van der Waals surface area contributed by atoms with Crippen molar-refractivity contribution in [2.45, 2.75) is 13.3 Å². The number of hydrogen-bond acceptors (Lipinski definition) is 5. The molecule has 0 aliphatic carbocycles. The summed E-state index contributed by atoms with van der Waals surface area (Å²) in [5, 5.41) is 5.69. The first-order valence-corrected chi connectivity index (χ1v) is 8.16. The van der Waals surface area contributed by atoms with Crippen LogP contribution in [-0.2, 0) is 11.2 Å². The predicted molar refractivity (Wildman–Crippen MR) is 91.0 cm³/mol. The molecule has 2 heterocycles. The average Bonchev–Trinajstić information content (AvgIpc) is 3.06. The molecule has 5 nitrogen and oxygen atoms in total. The molecular formula is C17H16N4OS. The summed E-state index contributed by atoms with van der Waals surface area (Å²) in [6, 6.07) is 8.24. The largest absolute Gasteiger partial charge is 0.356 e. The molecule has 0 saturated heterocycles. The minimum atomic E-state index is 0.000587. The lowest BCUT2D eigenvalue weighted by Crippen LogP contribution is -2.22. The Balaban J connectivity index is 1.70. The van der Waals surface area contributed by atoms with Gasteiger partial charge in [-0.25, -0.2) is 4.98 Å². The van der Waals surface area contributed by atoms with Crippen LogP contribution in [0.15, 0.2) is 48.2 Å². The molecule has 1 aromatic carbocycles. The van der Waals surface area contributed by atoms with E-state index in [4.69, 9.17) is 0 Å². The summed E-state index contributed by atoms with van der Waals surface area (Å²) in [5.74, 6) is 0.000587. The Kier molecular flexibility index (Phi) is 4.73. The van der Waals surface area contributed by atoms with Gasteiger partial charge < -0.3 is 5.32 Å². The van der Waals surface area contributed by atoms with Crippen molar-refractivity contribution in [1.82, 2.24) is 20.3 Å². The van der Waals surface area contributed by atoms with E-state index in [0.29, 0.717) is 6.54 Å². The number of amides is 1. The molecule has 0 fully saturated rings. The molecule has 0 aliphatic heterocycles. The smallest absolute Gasteiger partial charge is 0.216 e. The van der Waals surface area contributed by atoms with E-state index >= 15 is 0 Å². The third kappa shape index (κ3) is 3.98. The topological polar surface area (TPSA) is 67.8 Å². The summed E-state index contributed by atoms with van der Waals surface area (Å²) < 4.78 is 0. The maximum Gasteiger partial charge on any atom is 0.216 e. The fourth-order valence-electron chi connectivity index (χ4n) is 2.16. The molecular weight excluding hydrogens is 308 g/mol. The fourth-order valence-corrected chi connectivity index (χ4v) is 2.95. The first-order chi connectivity index (χ1) is 11.2. The molecule has 3 rings (SSSR count). The molecule has 3 aromatic rings. The highest BCUT2D eigenvalue weighted by atomic mass is 32.1. The van der Waals surface area contributed by atoms with Crippen molar-refractivity contribution < 1.29 is 4.79 Å². The van der Waals surface area contributed by atoms with Crippen LogP contribution in [0.5, 0.6) is 0 Å². The van der Waals surface area contributed by atoms with Crippen molar-refractivity contribution in [3.8, 4) is 22.0 Å². The van der Waals surface area contributed by atoms with Crippen molar-refractivity contribution in [3.05, 3.63) is 53.8 Å². The summed E-state index contributed by atoms with van der Waals surface area (Å²) in [4.78, 5) is 23.8. The molecule has 2 aromatic heterocycles. The second-order valence-electron chi connectivity index (χ2n) is 5.06. The minimum Gasteiger partial charge on any atom is -0.356 e. The van der Waals surface area contributed by atoms with E-state index in [2.05, 4.69) is 44.5 Å². The zero-order chi connectivity index (χ0) is 16.1. The van der Waals surface area contributed by atoms with Gasteiger partial charge in [0.1, 0.15) is 10.7 Å². The van der Waals surface area contributed by atoms with Crippen molar-refractivity contribution in [1.29, 1.82) is 0 Å². The molecule has 0 unspecified atom stereocenters. The van der Waals surface area contributed by atoms with Gasteiger partial charge in [-0.15, -0.1) is 11.3 Å². The Hall–Kier alpha value is -2.60. The van der Waals surface area contributed by atoms with Gasteiger partial charge >= 0.3 is 0 Å². The first-order valence-electron chi connectivity index (χ1n) is 7.28. The highest BCUT2D eigenvalue weighted by Gasteiger charge is 2.07. The summed E-state index contributed by atoms with van der Waals surface area (Å²) in [7, 11) is 0. The van der Waals surface area contributed by atoms with E-state index in [9.17, 15) is 4.79 Å². The van der Waals surface area contributed by atoms with Crippen LogP contribution in [-0.4, -0.2) is 27.4 Å². The van der Waals surface area contributed by atoms with Crippen LogP contribution in [0.25, 0.3) is 22.0 Å². The fraction of sp³-hybridized carbons (Fsp3) is 0.176. The number of hydrogen-bond donors (Lipinski definition) is 1. The second-order valence-corrected chi connectivity index (χ2v) is 5.92. The Labute approximate surface area is 138 Å². The Morgan fingerprint density at radius 3 is 2.70 bits per heavy atom. The predicted octanol–water partition coefficient (Wildman–Crippen LogP) is 2.95. The number of carbonyl (C=O) groups excluding carboxylic acids is 1. The Bertz CT molecular complexity index is 784. The van der Waals surface area contributed by atoms with Gasteiger partial charge in [0.15, 0.2) is 0 Å². The summed E-state index contributed by atoms with van der Waals surface area (Å²) in [6.45, 7) is 2.18. The molecule has 23 heavy (non-hydrogen) atoms. The summed E-state index contributed by atoms with van der Waals surface area (Å²) in [6.07, 6.45) is 5.85. The lowest BCUT2D eigenvalue weighted by atomic mass is 10.1. The van der Waals surface area contributed by atoms with E-state index in [1.807, 2.05) is 5.38 Å². The molecule has 0 atom stereocenters. The number of nitrogens with zero attached hydrogens (tertiary/aromatic N) is 3. The normalized spacial score (nSPS) is 10.5. The minimum absolute atomic E-state index is 0.000587. The molecule has 0 saturated carbocycles. The Morgan fingerprint density at radius 2 is 2.00 bits per heavy atom. The number of carbonyl (C=O) groups is 1. The monoisotopic (exact) mass is 324 g/mol. The number of benzene rings is 1. The lowest BCUT2D eigenvalue weighted by molar-refractivity contribution is -0.118. The number of rotatable bonds is 5. The van der Waals surface area contributed by atoms with Gasteiger partial charge in [-0.05, 0) is 12.0 Å². The van der Waals surface area contributed by atoms with Gasteiger partial charge in [0.05, 0.1) is 11.9 Å². The van der Waals surface area contributed by atoms with Crippen molar-refractivity contribution in [3.63, 3.8) is 0 Å². The molecule has 1 N–H and O–H groups in total. The van der Waals surface area contributed by atoms with E-state index in [1.54, 1.807) is 29.9 Å². The molecule has 6 heteroatoms. The quantitative estimate of drug-likeness (QED) is 0.783. The van der Waals surface area contributed by atoms with E-state index in [-0.39, 0.29) is 5.91 Å². The zero-order valence-electron chi connectivity index (χ0n) is 12.7. The van der Waals surface area contributed by atoms with Gasteiger partial charge in [0.2, 0.25) is 5.91 Å². The van der Waals surface area contributed by atoms with Crippen LogP contribution in [0.1, 0.15) is 12.5 Å². The molecule has 116 valence electrons. The number of nitrogens with one attached hydrogen (secondary N) is 1. The summed E-state index contributed by atoms with van der Waals surface area (Å²) >= 11 is 1.56. The van der Waals surface area contributed by atoms with Gasteiger partial charge in [-0.3, -0.25) is 14.8 Å².